The Labute approximate surface area is 132 Å². The molecule has 2 atom stereocenters. The maximum atomic E-state index is 5.61. The highest BCUT2D eigenvalue weighted by Crippen LogP contribution is 2.18. The molecule has 1 aromatic rings. The summed E-state index contributed by atoms with van der Waals surface area (Å²) in [7, 11) is 3.17. The molecule has 128 valence electrons. The van der Waals surface area contributed by atoms with Gasteiger partial charge in [0.25, 0.3) is 0 Å². The van der Waals surface area contributed by atoms with Crippen LogP contribution in [0.5, 0.6) is 0 Å². The standard InChI is InChI=1S/C14H28N4O4/c1-7-21-10(3)13-16-14(11(4)22-8-2)18(17-13)15-9-12(19-5)20-6/h10-12,15H,7-9H2,1-6H3. The quantitative estimate of drug-likeness (QED) is 0.622. The normalized spacial score (nSPS) is 14.3. The van der Waals surface area contributed by atoms with Crippen LogP contribution in [0.1, 0.15) is 51.6 Å². The van der Waals surface area contributed by atoms with E-state index in [4.69, 9.17) is 18.9 Å². The summed E-state index contributed by atoms with van der Waals surface area (Å²) in [6.07, 6.45) is -0.732. The molecule has 0 spiro atoms. The van der Waals surface area contributed by atoms with Crippen molar-refractivity contribution in [1.29, 1.82) is 0 Å². The van der Waals surface area contributed by atoms with Crippen molar-refractivity contribution in [2.24, 2.45) is 0 Å². The Kier molecular flexibility index (Phi) is 8.32. The maximum Gasteiger partial charge on any atom is 0.181 e. The second-order valence-electron chi connectivity index (χ2n) is 4.70. The minimum Gasteiger partial charge on any atom is -0.371 e. The lowest BCUT2D eigenvalue weighted by Crippen LogP contribution is -2.31. The van der Waals surface area contributed by atoms with Crippen molar-refractivity contribution in [1.82, 2.24) is 14.9 Å². The van der Waals surface area contributed by atoms with E-state index in [1.807, 2.05) is 27.7 Å². The Morgan fingerprint density at radius 1 is 1.05 bits per heavy atom. The molecule has 0 bridgehead atoms. The lowest BCUT2D eigenvalue weighted by atomic mass is 10.3. The first-order valence-corrected chi connectivity index (χ1v) is 7.56. The van der Waals surface area contributed by atoms with Crippen LogP contribution in [0.15, 0.2) is 0 Å². The smallest absolute Gasteiger partial charge is 0.181 e. The van der Waals surface area contributed by atoms with Gasteiger partial charge in [0, 0.05) is 27.4 Å². The van der Waals surface area contributed by atoms with Gasteiger partial charge < -0.3 is 24.4 Å². The van der Waals surface area contributed by atoms with Gasteiger partial charge in [-0.1, -0.05) is 0 Å². The van der Waals surface area contributed by atoms with Crippen LogP contribution in [0.25, 0.3) is 0 Å². The first-order valence-electron chi connectivity index (χ1n) is 7.56. The molecule has 0 saturated heterocycles. The highest BCUT2D eigenvalue weighted by molar-refractivity contribution is 5.00. The van der Waals surface area contributed by atoms with Crippen molar-refractivity contribution in [3.05, 3.63) is 11.6 Å². The van der Waals surface area contributed by atoms with E-state index in [0.717, 1.165) is 0 Å². The van der Waals surface area contributed by atoms with Gasteiger partial charge in [-0.15, -0.1) is 5.10 Å². The fourth-order valence-corrected chi connectivity index (χ4v) is 1.97. The van der Waals surface area contributed by atoms with Crippen LogP contribution in [0.2, 0.25) is 0 Å². The summed E-state index contributed by atoms with van der Waals surface area (Å²) in [5.41, 5.74) is 3.13. The van der Waals surface area contributed by atoms with Crippen molar-refractivity contribution in [3.63, 3.8) is 0 Å². The van der Waals surface area contributed by atoms with Gasteiger partial charge in [-0.05, 0) is 27.7 Å². The van der Waals surface area contributed by atoms with E-state index in [-0.39, 0.29) is 18.5 Å². The van der Waals surface area contributed by atoms with Crippen LogP contribution in [0, 0.1) is 0 Å². The Hall–Kier alpha value is -1.22. The van der Waals surface area contributed by atoms with Crippen molar-refractivity contribution < 1.29 is 18.9 Å². The lowest BCUT2D eigenvalue weighted by molar-refractivity contribution is -0.0930. The summed E-state index contributed by atoms with van der Waals surface area (Å²) in [6, 6.07) is 0. The van der Waals surface area contributed by atoms with Gasteiger partial charge in [0.05, 0.1) is 6.54 Å². The number of methoxy groups -OCH3 is 2. The summed E-state index contributed by atoms with van der Waals surface area (Å²) < 4.78 is 21.5. The van der Waals surface area contributed by atoms with Gasteiger partial charge >= 0.3 is 0 Å². The Morgan fingerprint density at radius 3 is 2.18 bits per heavy atom. The van der Waals surface area contributed by atoms with Crippen molar-refractivity contribution >= 4 is 0 Å². The van der Waals surface area contributed by atoms with E-state index in [0.29, 0.717) is 31.4 Å². The molecule has 8 nitrogen and oxygen atoms in total. The van der Waals surface area contributed by atoms with Crippen molar-refractivity contribution in [2.45, 2.75) is 46.2 Å². The topological polar surface area (TPSA) is 79.7 Å². The zero-order chi connectivity index (χ0) is 16.5. The summed E-state index contributed by atoms with van der Waals surface area (Å²) in [5, 5.41) is 4.45. The van der Waals surface area contributed by atoms with Gasteiger partial charge in [0.1, 0.15) is 12.2 Å². The van der Waals surface area contributed by atoms with Crippen LogP contribution in [-0.2, 0) is 18.9 Å². The Bertz CT molecular complexity index is 423. The van der Waals surface area contributed by atoms with Crippen LogP contribution in [-0.4, -0.2) is 55.1 Å². The van der Waals surface area contributed by atoms with E-state index in [1.165, 1.54) is 0 Å². The van der Waals surface area contributed by atoms with Gasteiger partial charge in [0.2, 0.25) is 0 Å². The molecule has 0 saturated carbocycles. The molecule has 0 aliphatic carbocycles. The molecule has 0 radical (unpaired) electrons. The van der Waals surface area contributed by atoms with Crippen molar-refractivity contribution in [2.75, 3.05) is 39.4 Å². The molecule has 0 fully saturated rings. The van der Waals surface area contributed by atoms with Gasteiger partial charge in [-0.25, -0.2) is 4.98 Å². The molecule has 1 heterocycles. The zero-order valence-corrected chi connectivity index (χ0v) is 14.3. The first kappa shape index (κ1) is 18.8. The fourth-order valence-electron chi connectivity index (χ4n) is 1.97. The molecule has 0 aliphatic rings. The largest absolute Gasteiger partial charge is 0.371 e. The Balaban J connectivity index is 2.90. The molecule has 2 unspecified atom stereocenters. The molecule has 1 aromatic heterocycles. The third-order valence-electron chi connectivity index (χ3n) is 3.14. The van der Waals surface area contributed by atoms with Crippen LogP contribution >= 0.6 is 0 Å². The van der Waals surface area contributed by atoms with E-state index < -0.39 is 0 Å². The highest BCUT2D eigenvalue weighted by atomic mass is 16.7. The monoisotopic (exact) mass is 316 g/mol. The van der Waals surface area contributed by atoms with Gasteiger partial charge in [0.15, 0.2) is 17.9 Å². The highest BCUT2D eigenvalue weighted by Gasteiger charge is 2.21. The lowest BCUT2D eigenvalue weighted by Gasteiger charge is -2.17. The molecule has 0 aliphatic heterocycles. The number of nitrogens with one attached hydrogen (secondary N) is 1. The van der Waals surface area contributed by atoms with E-state index >= 15 is 0 Å². The number of nitrogens with zero attached hydrogens (tertiary/aromatic N) is 3. The predicted molar refractivity (Wildman–Crippen MR) is 82.1 cm³/mol. The third kappa shape index (κ3) is 5.20. The molecule has 0 aromatic carbocycles. The predicted octanol–water partition coefficient (Wildman–Crippen LogP) is 1.64. The number of hydrogen-bond donors (Lipinski definition) is 1. The average Bonchev–Trinajstić information content (AvgIpc) is 2.93. The van der Waals surface area contributed by atoms with Crippen molar-refractivity contribution in [3.8, 4) is 0 Å². The molecule has 0 amide bonds. The van der Waals surface area contributed by atoms with E-state index in [2.05, 4.69) is 15.5 Å². The SMILES string of the molecule is CCOC(C)c1nc(C(C)OCC)n(NCC(OC)OC)n1. The first-order chi connectivity index (χ1) is 10.6. The number of aromatic nitrogens is 3. The second kappa shape index (κ2) is 9.73. The van der Waals surface area contributed by atoms with Crippen LogP contribution in [0.4, 0.5) is 0 Å². The molecule has 8 heteroatoms. The summed E-state index contributed by atoms with van der Waals surface area (Å²) in [4.78, 5) is 6.14. The number of ether oxygens (including phenoxy) is 4. The third-order valence-corrected chi connectivity index (χ3v) is 3.14. The molecule has 1 N–H and O–H groups in total. The van der Waals surface area contributed by atoms with Crippen LogP contribution < -0.4 is 5.43 Å². The second-order valence-corrected chi connectivity index (χ2v) is 4.70. The summed E-state index contributed by atoms with van der Waals surface area (Å²) in [6.45, 7) is 9.39. The van der Waals surface area contributed by atoms with E-state index in [9.17, 15) is 0 Å². The molecule has 1 rings (SSSR count). The summed E-state index contributed by atoms with van der Waals surface area (Å²) in [5.74, 6) is 1.30. The number of hydrogen-bond acceptors (Lipinski definition) is 7. The molecular weight excluding hydrogens is 288 g/mol. The Morgan fingerprint density at radius 2 is 1.64 bits per heavy atom. The average molecular weight is 316 g/mol. The molecular formula is C14H28N4O4. The summed E-state index contributed by atoms with van der Waals surface area (Å²) >= 11 is 0. The molecule has 22 heavy (non-hydrogen) atoms. The number of rotatable bonds is 11. The van der Waals surface area contributed by atoms with Gasteiger partial charge in [-0.2, -0.15) is 4.79 Å². The fraction of sp³-hybridized carbons (Fsp3) is 0.857. The van der Waals surface area contributed by atoms with Crippen LogP contribution in [0.3, 0.4) is 0 Å². The minimum atomic E-state index is -0.368. The zero-order valence-electron chi connectivity index (χ0n) is 14.3. The van der Waals surface area contributed by atoms with E-state index in [1.54, 1.807) is 19.0 Å². The van der Waals surface area contributed by atoms with Gasteiger partial charge in [-0.3, -0.25) is 0 Å². The minimum absolute atomic E-state index is 0.179. The maximum absolute atomic E-state index is 5.61.